The predicted molar refractivity (Wildman–Crippen MR) is 113 cm³/mol. The SMILES string of the molecule is O=C(OCC1CCCO1)c1cccc(OC(=O)c2ccc(-c3ccccc3)cc2)c1. The van der Waals surface area contributed by atoms with Gasteiger partial charge in [-0.25, -0.2) is 9.59 Å². The summed E-state index contributed by atoms with van der Waals surface area (Å²) in [5.41, 5.74) is 2.86. The van der Waals surface area contributed by atoms with Crippen molar-refractivity contribution in [2.45, 2.75) is 18.9 Å². The van der Waals surface area contributed by atoms with E-state index in [1.165, 1.54) is 6.07 Å². The maximum atomic E-state index is 12.5. The molecule has 1 aliphatic heterocycles. The van der Waals surface area contributed by atoms with Gasteiger partial charge in [0.05, 0.1) is 17.2 Å². The van der Waals surface area contributed by atoms with Gasteiger partial charge in [-0.1, -0.05) is 48.5 Å². The molecule has 5 heteroatoms. The Kier molecular flexibility index (Phi) is 6.20. The van der Waals surface area contributed by atoms with Crippen molar-refractivity contribution in [1.82, 2.24) is 0 Å². The molecule has 1 atom stereocenters. The van der Waals surface area contributed by atoms with E-state index in [-0.39, 0.29) is 12.7 Å². The first kappa shape index (κ1) is 19.9. The van der Waals surface area contributed by atoms with Crippen molar-refractivity contribution in [3.63, 3.8) is 0 Å². The highest BCUT2D eigenvalue weighted by molar-refractivity contribution is 5.93. The summed E-state index contributed by atoms with van der Waals surface area (Å²) < 4.78 is 16.2. The number of rotatable bonds is 6. The zero-order chi connectivity index (χ0) is 20.8. The summed E-state index contributed by atoms with van der Waals surface area (Å²) >= 11 is 0. The number of hydrogen-bond acceptors (Lipinski definition) is 5. The summed E-state index contributed by atoms with van der Waals surface area (Å²) in [4.78, 5) is 24.8. The van der Waals surface area contributed by atoms with Crippen LogP contribution in [0.2, 0.25) is 0 Å². The van der Waals surface area contributed by atoms with E-state index in [2.05, 4.69) is 0 Å². The first-order valence-corrected chi connectivity index (χ1v) is 9.95. The maximum Gasteiger partial charge on any atom is 0.343 e. The minimum atomic E-state index is -0.487. The van der Waals surface area contributed by atoms with Crippen LogP contribution in [-0.4, -0.2) is 31.3 Å². The Labute approximate surface area is 175 Å². The number of benzene rings is 3. The molecule has 0 bridgehead atoms. The summed E-state index contributed by atoms with van der Waals surface area (Å²) in [6.45, 7) is 0.941. The monoisotopic (exact) mass is 402 g/mol. The molecule has 0 aliphatic carbocycles. The van der Waals surface area contributed by atoms with E-state index in [1.54, 1.807) is 30.3 Å². The van der Waals surface area contributed by atoms with E-state index in [0.717, 1.165) is 24.0 Å². The van der Waals surface area contributed by atoms with Crippen molar-refractivity contribution in [2.75, 3.05) is 13.2 Å². The lowest BCUT2D eigenvalue weighted by molar-refractivity contribution is 0.0161. The second-order valence-corrected chi connectivity index (χ2v) is 7.09. The largest absolute Gasteiger partial charge is 0.459 e. The molecule has 0 N–H and O–H groups in total. The molecule has 3 aromatic carbocycles. The van der Waals surface area contributed by atoms with E-state index in [4.69, 9.17) is 14.2 Å². The fraction of sp³-hybridized carbons (Fsp3) is 0.200. The molecule has 0 saturated carbocycles. The number of ether oxygens (including phenoxy) is 3. The summed E-state index contributed by atoms with van der Waals surface area (Å²) in [6.07, 6.45) is 1.85. The zero-order valence-electron chi connectivity index (χ0n) is 16.5. The van der Waals surface area contributed by atoms with Crippen molar-refractivity contribution in [1.29, 1.82) is 0 Å². The van der Waals surface area contributed by atoms with E-state index >= 15 is 0 Å². The first-order valence-electron chi connectivity index (χ1n) is 9.95. The second-order valence-electron chi connectivity index (χ2n) is 7.09. The highest BCUT2D eigenvalue weighted by atomic mass is 16.6. The smallest absolute Gasteiger partial charge is 0.343 e. The molecule has 0 amide bonds. The van der Waals surface area contributed by atoms with Crippen LogP contribution in [0.15, 0.2) is 78.9 Å². The second kappa shape index (κ2) is 9.37. The Hall–Kier alpha value is -3.44. The van der Waals surface area contributed by atoms with Gasteiger partial charge in [-0.2, -0.15) is 0 Å². The van der Waals surface area contributed by atoms with E-state index < -0.39 is 11.9 Å². The third-order valence-corrected chi connectivity index (χ3v) is 4.93. The quantitative estimate of drug-likeness (QED) is 0.433. The Bertz CT molecular complexity index is 1010. The van der Waals surface area contributed by atoms with E-state index in [0.29, 0.717) is 23.5 Å². The molecule has 3 aromatic rings. The third-order valence-electron chi connectivity index (χ3n) is 4.93. The average Bonchev–Trinajstić information content (AvgIpc) is 3.32. The Morgan fingerprint density at radius 1 is 0.833 bits per heavy atom. The number of carbonyl (C=O) groups excluding carboxylic acids is 2. The molecule has 0 spiro atoms. The van der Waals surface area contributed by atoms with Gasteiger partial charge in [0.1, 0.15) is 12.4 Å². The molecule has 1 heterocycles. The highest BCUT2D eigenvalue weighted by Gasteiger charge is 2.18. The van der Waals surface area contributed by atoms with E-state index in [1.807, 2.05) is 42.5 Å². The van der Waals surface area contributed by atoms with Crippen molar-refractivity contribution in [3.05, 3.63) is 90.0 Å². The first-order chi connectivity index (χ1) is 14.7. The maximum absolute atomic E-state index is 12.5. The molecule has 152 valence electrons. The van der Waals surface area contributed by atoms with Gasteiger partial charge in [0.2, 0.25) is 0 Å². The molecule has 1 fully saturated rings. The fourth-order valence-electron chi connectivity index (χ4n) is 3.31. The number of carbonyl (C=O) groups is 2. The van der Waals surface area contributed by atoms with Crippen molar-refractivity contribution in [2.24, 2.45) is 0 Å². The number of esters is 2. The minimum Gasteiger partial charge on any atom is -0.459 e. The summed E-state index contributed by atoms with van der Waals surface area (Å²) in [7, 11) is 0. The summed E-state index contributed by atoms with van der Waals surface area (Å²) in [5.74, 6) is -0.659. The van der Waals surface area contributed by atoms with Gasteiger partial charge in [0, 0.05) is 6.61 Å². The Morgan fingerprint density at radius 3 is 2.33 bits per heavy atom. The molecule has 0 aromatic heterocycles. The van der Waals surface area contributed by atoms with Gasteiger partial charge >= 0.3 is 11.9 Å². The molecule has 1 unspecified atom stereocenters. The molecular weight excluding hydrogens is 380 g/mol. The van der Waals surface area contributed by atoms with Crippen LogP contribution in [-0.2, 0) is 9.47 Å². The summed E-state index contributed by atoms with van der Waals surface area (Å²) in [6, 6.07) is 23.6. The average molecular weight is 402 g/mol. The lowest BCUT2D eigenvalue weighted by atomic mass is 10.0. The predicted octanol–water partition coefficient (Wildman–Crippen LogP) is 4.91. The molecule has 5 nitrogen and oxygen atoms in total. The standard InChI is InChI=1S/C25H22O5/c26-24(29-17-23-10-5-15-28-23)21-8-4-9-22(16-21)30-25(27)20-13-11-19(12-14-20)18-6-2-1-3-7-18/h1-4,6-9,11-14,16,23H,5,10,15,17H2. The minimum absolute atomic E-state index is 0.0335. The molecular formula is C25H22O5. The van der Waals surface area contributed by atoms with Crippen LogP contribution in [0.4, 0.5) is 0 Å². The van der Waals surface area contributed by atoms with Crippen LogP contribution in [0.3, 0.4) is 0 Å². The van der Waals surface area contributed by atoms with Crippen molar-refractivity contribution in [3.8, 4) is 16.9 Å². The Balaban J connectivity index is 1.38. The zero-order valence-corrected chi connectivity index (χ0v) is 16.5. The molecule has 4 rings (SSSR count). The topological polar surface area (TPSA) is 61.8 Å². The van der Waals surface area contributed by atoms with Crippen LogP contribution in [0.5, 0.6) is 5.75 Å². The van der Waals surface area contributed by atoms with Crippen molar-refractivity contribution >= 4 is 11.9 Å². The normalized spacial score (nSPS) is 15.5. The van der Waals surface area contributed by atoms with Gasteiger partial charge in [0.15, 0.2) is 0 Å². The lowest BCUT2D eigenvalue weighted by Crippen LogP contribution is -2.18. The molecule has 0 radical (unpaired) electrons. The Morgan fingerprint density at radius 2 is 1.60 bits per heavy atom. The molecule has 30 heavy (non-hydrogen) atoms. The third kappa shape index (κ3) is 4.93. The number of hydrogen-bond donors (Lipinski definition) is 0. The van der Waals surface area contributed by atoms with Crippen molar-refractivity contribution < 1.29 is 23.8 Å². The van der Waals surface area contributed by atoms with E-state index in [9.17, 15) is 9.59 Å². The fourth-order valence-corrected chi connectivity index (χ4v) is 3.31. The van der Waals surface area contributed by atoms with Gasteiger partial charge in [-0.15, -0.1) is 0 Å². The van der Waals surface area contributed by atoms with Gasteiger partial charge < -0.3 is 14.2 Å². The van der Waals surface area contributed by atoms with Gasteiger partial charge in [-0.3, -0.25) is 0 Å². The van der Waals surface area contributed by atoms with Crippen LogP contribution >= 0.6 is 0 Å². The highest BCUT2D eigenvalue weighted by Crippen LogP contribution is 2.21. The lowest BCUT2D eigenvalue weighted by Gasteiger charge is -2.11. The molecule has 1 saturated heterocycles. The van der Waals surface area contributed by atoms with Crippen LogP contribution in [0, 0.1) is 0 Å². The van der Waals surface area contributed by atoms with Gasteiger partial charge in [0.25, 0.3) is 0 Å². The summed E-state index contributed by atoms with van der Waals surface area (Å²) in [5, 5.41) is 0. The van der Waals surface area contributed by atoms with Gasteiger partial charge in [-0.05, 0) is 54.3 Å². The van der Waals surface area contributed by atoms with Crippen LogP contribution in [0.1, 0.15) is 33.6 Å². The molecule has 1 aliphatic rings. The van der Waals surface area contributed by atoms with Crippen LogP contribution < -0.4 is 4.74 Å². The van der Waals surface area contributed by atoms with Crippen LogP contribution in [0.25, 0.3) is 11.1 Å².